The molecule has 4 amide bonds. The SMILES string of the molecule is COC(=O)NC(C(=O)N1CCCC1c1ncc(-c2ccc3cc(-c4ccc(-c5cnc(C6CCCN6C(=O)C(NC(=O)OC)C(C)C)[nH]5)cc4)ccc3n2)[nH]1)c1ccccc1. The van der Waals surface area contributed by atoms with Gasteiger partial charge in [0.1, 0.15) is 23.7 Å². The van der Waals surface area contributed by atoms with Gasteiger partial charge in [-0.15, -0.1) is 0 Å². The number of nitrogens with zero attached hydrogens (tertiary/aromatic N) is 5. The molecule has 4 N–H and O–H groups in total. The van der Waals surface area contributed by atoms with Gasteiger partial charge in [-0.05, 0) is 72.1 Å². The van der Waals surface area contributed by atoms with Crippen LogP contribution < -0.4 is 10.6 Å². The lowest BCUT2D eigenvalue weighted by atomic mass is 10.0. The van der Waals surface area contributed by atoms with E-state index in [1.54, 1.807) is 22.2 Å². The Morgan fingerprint density at radius 1 is 0.689 bits per heavy atom. The first kappa shape index (κ1) is 40.7. The highest BCUT2D eigenvalue weighted by Gasteiger charge is 2.39. The number of pyridine rings is 1. The van der Waals surface area contributed by atoms with Crippen molar-refractivity contribution in [1.29, 1.82) is 0 Å². The van der Waals surface area contributed by atoms with Gasteiger partial charge in [0.15, 0.2) is 0 Å². The fourth-order valence-corrected chi connectivity index (χ4v) is 8.37. The van der Waals surface area contributed by atoms with Gasteiger partial charge in [-0.1, -0.05) is 80.6 Å². The Hall–Kier alpha value is -7.03. The van der Waals surface area contributed by atoms with Crippen molar-refractivity contribution in [2.24, 2.45) is 5.92 Å². The molecule has 0 aliphatic carbocycles. The normalized spacial score (nSPS) is 17.3. The highest BCUT2D eigenvalue weighted by molar-refractivity contribution is 5.89. The van der Waals surface area contributed by atoms with E-state index in [1.807, 2.05) is 62.4 Å². The minimum atomic E-state index is -0.894. The smallest absolute Gasteiger partial charge is 0.407 e. The van der Waals surface area contributed by atoms with Crippen LogP contribution in [0.5, 0.6) is 0 Å². The first-order valence-corrected chi connectivity index (χ1v) is 20.6. The summed E-state index contributed by atoms with van der Waals surface area (Å²) in [5, 5.41) is 6.39. The van der Waals surface area contributed by atoms with E-state index in [-0.39, 0.29) is 29.8 Å². The predicted octanol–water partition coefficient (Wildman–Crippen LogP) is 7.49. The summed E-state index contributed by atoms with van der Waals surface area (Å²) in [5.74, 6) is 0.902. The predicted molar refractivity (Wildman–Crippen MR) is 229 cm³/mol. The van der Waals surface area contributed by atoms with Gasteiger partial charge in [0, 0.05) is 18.5 Å². The average Bonchev–Trinajstić information content (AvgIpc) is 4.14. The fraction of sp³-hybridized carbons (Fsp3) is 0.326. The molecular weight excluding hydrogens is 775 g/mol. The number of H-pyrrole nitrogens is 2. The summed E-state index contributed by atoms with van der Waals surface area (Å²) < 4.78 is 9.59. The number of nitrogens with one attached hydrogen (secondary N) is 4. The topological polar surface area (TPSA) is 188 Å². The second-order valence-corrected chi connectivity index (χ2v) is 15.8. The van der Waals surface area contributed by atoms with Crippen LogP contribution in [0, 0.1) is 5.92 Å². The van der Waals surface area contributed by atoms with Gasteiger partial charge in [-0.2, -0.15) is 0 Å². The van der Waals surface area contributed by atoms with Crippen LogP contribution in [0.25, 0.3) is 44.7 Å². The molecule has 0 bridgehead atoms. The van der Waals surface area contributed by atoms with E-state index >= 15 is 0 Å². The summed E-state index contributed by atoms with van der Waals surface area (Å²) in [6.45, 7) is 4.93. The standard InChI is InChI=1S/C46H49N9O6/c1-27(2)39(52-45(58)60-3)43(56)54-22-8-12-37(54)41-47-25-35(50-41)29-16-14-28(15-17-29)31-18-20-33-32(24-31)19-21-34(49-33)36-26-48-42(51-36)38-13-9-23-55(38)44(57)40(53-46(59)61-4)30-10-6-5-7-11-30/h5-7,10-11,14-21,24-27,37-40H,8-9,12-13,22-23H2,1-4H3,(H,47,50)(H,48,51)(H,52,58)(H,53,59). The summed E-state index contributed by atoms with van der Waals surface area (Å²) in [4.78, 5) is 76.5. The van der Waals surface area contributed by atoms with E-state index in [2.05, 4.69) is 62.0 Å². The molecular formula is C46H49N9O6. The number of hydrogen-bond acceptors (Lipinski definition) is 9. The second-order valence-electron chi connectivity index (χ2n) is 15.8. The molecule has 3 aromatic heterocycles. The van der Waals surface area contributed by atoms with Crippen LogP contribution in [0.1, 0.15) is 74.9 Å². The molecule has 15 nitrogen and oxygen atoms in total. The van der Waals surface area contributed by atoms with Gasteiger partial charge in [0.05, 0.1) is 61.3 Å². The van der Waals surface area contributed by atoms with Crippen molar-refractivity contribution >= 4 is 34.9 Å². The number of carbonyl (C=O) groups is 4. The van der Waals surface area contributed by atoms with Crippen LogP contribution in [0.15, 0.2) is 97.3 Å². The number of fused-ring (bicyclic) bond motifs is 1. The minimum Gasteiger partial charge on any atom is -0.453 e. The molecule has 2 aliphatic rings. The summed E-state index contributed by atoms with van der Waals surface area (Å²) in [6.07, 6.45) is 5.40. The Bertz CT molecular complexity index is 2540. The number of aromatic nitrogens is 5. The van der Waals surface area contributed by atoms with Crippen LogP contribution >= 0.6 is 0 Å². The van der Waals surface area contributed by atoms with Gasteiger partial charge in [0.25, 0.3) is 5.91 Å². The molecule has 61 heavy (non-hydrogen) atoms. The molecule has 6 aromatic rings. The minimum absolute atomic E-state index is 0.110. The molecule has 15 heteroatoms. The van der Waals surface area contributed by atoms with Gasteiger partial charge in [0.2, 0.25) is 5.91 Å². The molecule has 2 aliphatic heterocycles. The maximum atomic E-state index is 13.9. The van der Waals surface area contributed by atoms with Gasteiger partial charge >= 0.3 is 12.2 Å². The number of likely N-dealkylation sites (tertiary alicyclic amines) is 2. The molecule has 0 saturated carbocycles. The second kappa shape index (κ2) is 17.7. The number of amides is 4. The fourth-order valence-electron chi connectivity index (χ4n) is 8.37. The van der Waals surface area contributed by atoms with Crippen molar-refractivity contribution in [2.45, 2.75) is 63.7 Å². The monoisotopic (exact) mass is 823 g/mol. The number of benzene rings is 3. The van der Waals surface area contributed by atoms with Crippen LogP contribution in [-0.2, 0) is 19.1 Å². The highest BCUT2D eigenvalue weighted by atomic mass is 16.5. The Morgan fingerprint density at radius 3 is 1.93 bits per heavy atom. The van der Waals surface area contributed by atoms with E-state index in [4.69, 9.17) is 19.4 Å². The van der Waals surface area contributed by atoms with E-state index in [1.165, 1.54) is 14.2 Å². The maximum Gasteiger partial charge on any atom is 0.407 e. The number of ether oxygens (including phenoxy) is 2. The van der Waals surface area contributed by atoms with Crippen molar-refractivity contribution in [3.8, 4) is 33.8 Å². The highest BCUT2D eigenvalue weighted by Crippen LogP contribution is 2.36. The van der Waals surface area contributed by atoms with Gasteiger partial charge in [-0.3, -0.25) is 9.59 Å². The summed E-state index contributed by atoms with van der Waals surface area (Å²) in [6, 6.07) is 25.5. The first-order chi connectivity index (χ1) is 29.6. The molecule has 2 fully saturated rings. The quantitative estimate of drug-likeness (QED) is 0.103. The number of carbonyl (C=O) groups excluding carboxylic acids is 4. The molecule has 4 atom stereocenters. The zero-order valence-electron chi connectivity index (χ0n) is 34.6. The zero-order chi connectivity index (χ0) is 42.6. The van der Waals surface area contributed by atoms with Gasteiger partial charge < -0.3 is 39.9 Å². The van der Waals surface area contributed by atoms with Crippen molar-refractivity contribution in [1.82, 2.24) is 45.4 Å². The molecule has 0 radical (unpaired) electrons. The number of imidazole rings is 2. The van der Waals surface area contributed by atoms with E-state index in [0.29, 0.717) is 24.5 Å². The molecule has 4 unspecified atom stereocenters. The van der Waals surface area contributed by atoms with Crippen LogP contribution in [0.4, 0.5) is 9.59 Å². The van der Waals surface area contributed by atoms with Crippen molar-refractivity contribution in [3.05, 3.63) is 115 Å². The van der Waals surface area contributed by atoms with Crippen molar-refractivity contribution in [3.63, 3.8) is 0 Å². The van der Waals surface area contributed by atoms with Crippen LogP contribution in [0.2, 0.25) is 0 Å². The lowest BCUT2D eigenvalue weighted by Gasteiger charge is -2.30. The number of alkyl carbamates (subject to hydrolysis) is 2. The number of aromatic amines is 2. The third-order valence-corrected chi connectivity index (χ3v) is 11.6. The Balaban J connectivity index is 0.943. The van der Waals surface area contributed by atoms with Crippen LogP contribution in [0.3, 0.4) is 0 Å². The molecule has 8 rings (SSSR count). The Labute approximate surface area is 353 Å². The van der Waals surface area contributed by atoms with E-state index < -0.39 is 24.3 Å². The van der Waals surface area contributed by atoms with Gasteiger partial charge in [-0.25, -0.2) is 24.5 Å². The Morgan fingerprint density at radius 2 is 1.28 bits per heavy atom. The first-order valence-electron chi connectivity index (χ1n) is 20.6. The lowest BCUT2D eigenvalue weighted by Crippen LogP contribution is -2.51. The molecule has 2 saturated heterocycles. The van der Waals surface area contributed by atoms with E-state index in [9.17, 15) is 19.2 Å². The third-order valence-electron chi connectivity index (χ3n) is 11.6. The number of rotatable bonds is 11. The van der Waals surface area contributed by atoms with Crippen molar-refractivity contribution < 1.29 is 28.7 Å². The average molecular weight is 824 g/mol. The van der Waals surface area contributed by atoms with Crippen molar-refractivity contribution in [2.75, 3.05) is 27.3 Å². The molecule has 5 heterocycles. The van der Waals surface area contributed by atoms with E-state index in [0.717, 1.165) is 76.2 Å². The lowest BCUT2D eigenvalue weighted by molar-refractivity contribution is -0.135. The largest absolute Gasteiger partial charge is 0.453 e. The Kier molecular flexibility index (Phi) is 11.8. The summed E-state index contributed by atoms with van der Waals surface area (Å²) >= 11 is 0. The number of hydrogen-bond donors (Lipinski definition) is 4. The molecule has 314 valence electrons. The molecule has 3 aromatic carbocycles. The number of methoxy groups -OCH3 is 2. The summed E-state index contributed by atoms with van der Waals surface area (Å²) in [5.41, 5.74) is 6.89. The van der Waals surface area contributed by atoms with Crippen LogP contribution in [-0.4, -0.2) is 92.1 Å². The maximum absolute atomic E-state index is 13.9. The zero-order valence-corrected chi connectivity index (χ0v) is 34.6. The molecule has 0 spiro atoms. The third kappa shape index (κ3) is 8.54. The summed E-state index contributed by atoms with van der Waals surface area (Å²) in [7, 11) is 2.57.